The molecule has 0 spiro atoms. The number of hydrogen-bond donors (Lipinski definition) is 1. The number of rotatable bonds is 8. The zero-order valence-corrected chi connectivity index (χ0v) is 20.4. The largest absolute Gasteiger partial charge is 0.454 e. The molecule has 186 valence electrons. The molecule has 1 heterocycles. The second kappa shape index (κ2) is 12.1. The van der Waals surface area contributed by atoms with Gasteiger partial charge in [-0.3, -0.25) is 14.5 Å². The van der Waals surface area contributed by atoms with E-state index in [1.54, 1.807) is 53.4 Å². The highest BCUT2D eigenvalue weighted by molar-refractivity contribution is 5.97. The zero-order valence-electron chi connectivity index (χ0n) is 20.4. The molecular weight excluding hydrogens is 454 g/mol. The van der Waals surface area contributed by atoms with Crippen LogP contribution in [0.4, 0.5) is 0 Å². The fourth-order valence-electron chi connectivity index (χ4n) is 4.26. The zero-order chi connectivity index (χ0) is 25.3. The minimum absolute atomic E-state index is 0.236. The van der Waals surface area contributed by atoms with Gasteiger partial charge in [0, 0.05) is 38.3 Å². The number of amides is 2. The summed E-state index contributed by atoms with van der Waals surface area (Å²) in [6.07, 6.45) is 0. The highest BCUT2D eigenvalue weighted by atomic mass is 16.5. The highest BCUT2D eigenvalue weighted by Crippen LogP contribution is 2.16. The molecule has 3 aromatic rings. The third kappa shape index (κ3) is 6.79. The number of benzene rings is 3. The van der Waals surface area contributed by atoms with Gasteiger partial charge in [0.05, 0.1) is 0 Å². The van der Waals surface area contributed by atoms with Gasteiger partial charge in [0.25, 0.3) is 11.8 Å². The molecule has 1 aliphatic rings. The van der Waals surface area contributed by atoms with Gasteiger partial charge in [0.2, 0.25) is 0 Å². The average molecular weight is 486 g/mol. The lowest BCUT2D eigenvalue weighted by Crippen LogP contribution is -2.49. The van der Waals surface area contributed by atoms with Gasteiger partial charge in [-0.25, -0.2) is 4.79 Å². The lowest BCUT2D eigenvalue weighted by molar-refractivity contribution is -0.154. The topological polar surface area (TPSA) is 79.0 Å². The molecule has 0 radical (unpaired) electrons. The maximum atomic E-state index is 13.0. The summed E-state index contributed by atoms with van der Waals surface area (Å²) in [6.45, 7) is 5.24. The van der Waals surface area contributed by atoms with Crippen LogP contribution in [0.25, 0.3) is 0 Å². The van der Waals surface area contributed by atoms with Crippen LogP contribution < -0.4 is 5.32 Å². The summed E-state index contributed by atoms with van der Waals surface area (Å²) in [5.74, 6) is -1.30. The summed E-state index contributed by atoms with van der Waals surface area (Å²) in [4.78, 5) is 42.5. The first-order chi connectivity index (χ1) is 17.5. The average Bonchev–Trinajstić information content (AvgIpc) is 2.91. The molecule has 1 fully saturated rings. The molecule has 1 N–H and O–H groups in total. The molecule has 4 rings (SSSR count). The van der Waals surface area contributed by atoms with Crippen molar-refractivity contribution in [3.8, 4) is 0 Å². The molecule has 7 nitrogen and oxygen atoms in total. The third-order valence-electron chi connectivity index (χ3n) is 6.23. The third-order valence-corrected chi connectivity index (χ3v) is 6.23. The van der Waals surface area contributed by atoms with Crippen LogP contribution in [-0.4, -0.2) is 60.4 Å². The lowest BCUT2D eigenvalue weighted by Gasteiger charge is -2.34. The normalized spacial score (nSPS) is 14.6. The number of piperazine rings is 1. The SMILES string of the molecule is Cc1cccc(CN2CCN(C(=O)COC(=O)C(NC(=O)c3ccccc3)c3ccccc3)CC2)c1. The Bertz CT molecular complexity index is 1180. The van der Waals surface area contributed by atoms with Crippen LogP contribution in [-0.2, 0) is 20.9 Å². The van der Waals surface area contributed by atoms with E-state index >= 15 is 0 Å². The van der Waals surface area contributed by atoms with Gasteiger partial charge < -0.3 is 15.0 Å². The summed E-state index contributed by atoms with van der Waals surface area (Å²) in [6, 6.07) is 25.0. The van der Waals surface area contributed by atoms with Crippen LogP contribution in [0.1, 0.15) is 33.1 Å². The van der Waals surface area contributed by atoms with Gasteiger partial charge in [-0.15, -0.1) is 0 Å². The van der Waals surface area contributed by atoms with E-state index < -0.39 is 17.9 Å². The van der Waals surface area contributed by atoms with E-state index in [0.717, 1.165) is 19.6 Å². The predicted octanol–water partition coefficient (Wildman–Crippen LogP) is 3.35. The number of hydrogen-bond acceptors (Lipinski definition) is 5. The van der Waals surface area contributed by atoms with Gasteiger partial charge in [0.15, 0.2) is 12.6 Å². The molecule has 0 aliphatic carbocycles. The Labute approximate surface area is 211 Å². The van der Waals surface area contributed by atoms with Gasteiger partial charge in [0.1, 0.15) is 0 Å². The van der Waals surface area contributed by atoms with Gasteiger partial charge in [-0.05, 0) is 30.2 Å². The minimum atomic E-state index is -1.02. The van der Waals surface area contributed by atoms with Crippen LogP contribution in [0, 0.1) is 6.92 Å². The van der Waals surface area contributed by atoms with Crippen molar-refractivity contribution >= 4 is 17.8 Å². The lowest BCUT2D eigenvalue weighted by atomic mass is 10.1. The Morgan fingerprint density at radius 1 is 0.861 bits per heavy atom. The van der Waals surface area contributed by atoms with Crippen molar-refractivity contribution in [2.45, 2.75) is 19.5 Å². The van der Waals surface area contributed by atoms with E-state index in [1.807, 2.05) is 12.1 Å². The Hall–Kier alpha value is -3.97. The monoisotopic (exact) mass is 485 g/mol. The number of aryl methyl sites for hydroxylation is 1. The van der Waals surface area contributed by atoms with Gasteiger partial charge in [-0.1, -0.05) is 78.4 Å². The number of carbonyl (C=O) groups excluding carboxylic acids is 3. The smallest absolute Gasteiger partial charge is 0.333 e. The standard InChI is InChI=1S/C29H31N3O4/c1-22-9-8-10-23(19-22)20-31-15-17-32(18-16-31)26(33)21-36-29(35)27(24-11-4-2-5-12-24)30-28(34)25-13-6-3-7-14-25/h2-14,19,27H,15-18,20-21H2,1H3,(H,30,34). The van der Waals surface area contributed by atoms with Crippen LogP contribution in [0.3, 0.4) is 0 Å². The fraction of sp³-hybridized carbons (Fsp3) is 0.276. The molecule has 1 saturated heterocycles. The Morgan fingerprint density at radius 2 is 1.53 bits per heavy atom. The molecule has 7 heteroatoms. The molecule has 36 heavy (non-hydrogen) atoms. The first kappa shape index (κ1) is 25.1. The first-order valence-corrected chi connectivity index (χ1v) is 12.1. The number of nitrogens with zero attached hydrogens (tertiary/aromatic N) is 2. The van der Waals surface area contributed by atoms with Crippen molar-refractivity contribution in [1.82, 2.24) is 15.1 Å². The minimum Gasteiger partial charge on any atom is -0.454 e. The quantitative estimate of drug-likeness (QED) is 0.495. The Balaban J connectivity index is 1.30. The summed E-state index contributed by atoms with van der Waals surface area (Å²) < 4.78 is 5.39. The molecule has 1 atom stereocenters. The van der Waals surface area contributed by atoms with Crippen molar-refractivity contribution in [3.63, 3.8) is 0 Å². The molecule has 0 bridgehead atoms. The fourth-order valence-corrected chi connectivity index (χ4v) is 4.26. The van der Waals surface area contributed by atoms with Crippen LogP contribution in [0.5, 0.6) is 0 Å². The molecule has 3 aromatic carbocycles. The highest BCUT2D eigenvalue weighted by Gasteiger charge is 2.27. The van der Waals surface area contributed by atoms with E-state index in [0.29, 0.717) is 24.2 Å². The molecular formula is C29H31N3O4. The van der Waals surface area contributed by atoms with E-state index in [2.05, 4.69) is 41.4 Å². The van der Waals surface area contributed by atoms with E-state index in [-0.39, 0.29) is 12.5 Å². The van der Waals surface area contributed by atoms with Crippen LogP contribution >= 0.6 is 0 Å². The van der Waals surface area contributed by atoms with Crippen LogP contribution in [0.15, 0.2) is 84.9 Å². The van der Waals surface area contributed by atoms with E-state index in [4.69, 9.17) is 4.74 Å². The molecule has 0 aromatic heterocycles. The van der Waals surface area contributed by atoms with Crippen molar-refractivity contribution in [3.05, 3.63) is 107 Å². The van der Waals surface area contributed by atoms with Crippen molar-refractivity contribution < 1.29 is 19.1 Å². The second-order valence-electron chi connectivity index (χ2n) is 8.94. The molecule has 0 saturated carbocycles. The van der Waals surface area contributed by atoms with E-state index in [9.17, 15) is 14.4 Å². The number of nitrogens with one attached hydrogen (secondary N) is 1. The Morgan fingerprint density at radius 3 is 2.19 bits per heavy atom. The summed E-state index contributed by atoms with van der Waals surface area (Å²) in [5, 5.41) is 2.74. The van der Waals surface area contributed by atoms with Gasteiger partial charge >= 0.3 is 5.97 Å². The number of carbonyl (C=O) groups is 3. The number of esters is 1. The summed E-state index contributed by atoms with van der Waals surface area (Å²) in [5.41, 5.74) is 3.51. The number of ether oxygens (including phenoxy) is 1. The van der Waals surface area contributed by atoms with Crippen LogP contribution in [0.2, 0.25) is 0 Å². The molecule has 2 amide bonds. The molecule has 1 aliphatic heterocycles. The van der Waals surface area contributed by atoms with E-state index in [1.165, 1.54) is 11.1 Å². The summed E-state index contributed by atoms with van der Waals surface area (Å²) in [7, 11) is 0. The first-order valence-electron chi connectivity index (χ1n) is 12.1. The second-order valence-corrected chi connectivity index (χ2v) is 8.94. The van der Waals surface area contributed by atoms with Crippen molar-refractivity contribution in [2.75, 3.05) is 32.8 Å². The summed E-state index contributed by atoms with van der Waals surface area (Å²) >= 11 is 0. The maximum absolute atomic E-state index is 13.0. The van der Waals surface area contributed by atoms with Gasteiger partial charge in [-0.2, -0.15) is 0 Å². The maximum Gasteiger partial charge on any atom is 0.333 e. The van der Waals surface area contributed by atoms with Crippen molar-refractivity contribution in [2.24, 2.45) is 0 Å². The molecule has 1 unspecified atom stereocenters. The Kier molecular flexibility index (Phi) is 8.47. The predicted molar refractivity (Wildman–Crippen MR) is 137 cm³/mol. The van der Waals surface area contributed by atoms with Crippen molar-refractivity contribution in [1.29, 1.82) is 0 Å².